The minimum Gasteiger partial charge on any atom is -0.390 e. The van der Waals surface area contributed by atoms with Gasteiger partial charge in [-0.3, -0.25) is 24.1 Å². The topological polar surface area (TPSA) is 251 Å². The van der Waals surface area contributed by atoms with Crippen LogP contribution < -0.4 is 5.32 Å². The predicted molar refractivity (Wildman–Crippen MR) is 109 cm³/mol. The van der Waals surface area contributed by atoms with Crippen molar-refractivity contribution >= 4 is 27.6 Å². The number of aliphatic hydroxyl groups is 4. The van der Waals surface area contributed by atoms with E-state index in [2.05, 4.69) is 18.7 Å². The number of phosphoric ester groups is 2. The fourth-order valence-electron chi connectivity index (χ4n) is 3.64. The summed E-state index contributed by atoms with van der Waals surface area (Å²) < 4.78 is 48.0. The molecule has 0 saturated carbocycles. The van der Waals surface area contributed by atoms with E-state index in [0.717, 1.165) is 0 Å². The number of amides is 3. The highest BCUT2D eigenvalue weighted by molar-refractivity contribution is 7.61. The molecule has 35 heavy (non-hydrogen) atoms. The zero-order chi connectivity index (χ0) is 26.3. The Labute approximate surface area is 198 Å². The highest BCUT2D eigenvalue weighted by atomic mass is 31.3. The Morgan fingerprint density at radius 2 is 1.69 bits per heavy atom. The molecule has 0 bridgehead atoms. The van der Waals surface area contributed by atoms with E-state index in [1.165, 1.54) is 11.8 Å². The van der Waals surface area contributed by atoms with Crippen molar-refractivity contribution in [2.75, 3.05) is 13.2 Å². The number of nitrogens with one attached hydrogen (secondary N) is 1. The van der Waals surface area contributed by atoms with Crippen LogP contribution >= 0.6 is 15.6 Å². The fourth-order valence-corrected chi connectivity index (χ4v) is 5.80. The molecular weight excluding hydrogens is 522 g/mol. The van der Waals surface area contributed by atoms with Crippen LogP contribution in [0.2, 0.25) is 0 Å². The Kier molecular flexibility index (Phi) is 8.76. The lowest BCUT2D eigenvalue weighted by Gasteiger charge is -2.38. The molecule has 0 spiro atoms. The fraction of sp³-hybridized carbons (Fsp3) is 0.875. The van der Waals surface area contributed by atoms with Crippen molar-refractivity contribution in [2.24, 2.45) is 5.92 Å². The summed E-state index contributed by atoms with van der Waals surface area (Å²) in [6.07, 6.45) is -12.1. The van der Waals surface area contributed by atoms with Crippen LogP contribution in [0, 0.1) is 5.92 Å². The normalized spacial score (nSPS) is 41.8. The molecule has 202 valence electrons. The van der Waals surface area contributed by atoms with Gasteiger partial charge in [0.25, 0.3) is 0 Å². The Morgan fingerprint density at radius 3 is 2.34 bits per heavy atom. The van der Waals surface area contributed by atoms with E-state index in [1.54, 1.807) is 6.92 Å². The van der Waals surface area contributed by atoms with Gasteiger partial charge in [-0.1, -0.05) is 6.92 Å². The second-order valence-electron chi connectivity index (χ2n) is 8.38. The predicted octanol–water partition coefficient (Wildman–Crippen LogP) is -2.27. The number of aliphatic hydroxyl groups excluding tert-OH is 4. The zero-order valence-electron chi connectivity index (χ0n) is 18.5. The average Bonchev–Trinajstić information content (AvgIpc) is 3.11. The third-order valence-corrected chi connectivity index (χ3v) is 8.22. The van der Waals surface area contributed by atoms with Crippen molar-refractivity contribution in [3.8, 4) is 0 Å². The Bertz CT molecular complexity index is 906. The number of phosphoric acid groups is 2. The van der Waals surface area contributed by atoms with E-state index >= 15 is 0 Å². The van der Waals surface area contributed by atoms with E-state index in [-0.39, 0.29) is 13.0 Å². The van der Waals surface area contributed by atoms with E-state index in [1.807, 2.05) is 0 Å². The Balaban J connectivity index is 1.53. The summed E-state index contributed by atoms with van der Waals surface area (Å²) in [6, 6.07) is -0.736. The van der Waals surface area contributed by atoms with Crippen LogP contribution in [0.25, 0.3) is 0 Å². The monoisotopic (exact) mass is 550 g/mol. The second kappa shape index (κ2) is 10.8. The molecule has 0 radical (unpaired) electrons. The van der Waals surface area contributed by atoms with Gasteiger partial charge in [-0.15, -0.1) is 0 Å². The minimum absolute atomic E-state index is 0.0156. The summed E-state index contributed by atoms with van der Waals surface area (Å²) in [5.41, 5.74) is 0. The van der Waals surface area contributed by atoms with Crippen molar-refractivity contribution in [3.05, 3.63) is 0 Å². The zero-order valence-corrected chi connectivity index (χ0v) is 20.3. The van der Waals surface area contributed by atoms with Crippen LogP contribution in [0.5, 0.6) is 0 Å². The number of rotatable bonds is 8. The number of hydrogen-bond donors (Lipinski definition) is 7. The van der Waals surface area contributed by atoms with Crippen molar-refractivity contribution in [2.45, 2.75) is 69.4 Å². The van der Waals surface area contributed by atoms with Gasteiger partial charge in [-0.05, 0) is 6.92 Å². The molecule has 0 aromatic rings. The number of nitrogens with zero attached hydrogens (tertiary/aromatic N) is 1. The third-order valence-electron chi connectivity index (χ3n) is 5.61. The highest BCUT2D eigenvalue weighted by Gasteiger charge is 2.48. The van der Waals surface area contributed by atoms with E-state index in [4.69, 9.17) is 9.47 Å². The van der Waals surface area contributed by atoms with Crippen LogP contribution in [0.15, 0.2) is 0 Å². The van der Waals surface area contributed by atoms with Gasteiger partial charge in [-0.2, -0.15) is 4.31 Å². The number of imide groups is 1. The lowest BCUT2D eigenvalue weighted by atomic mass is 10.0. The first-order valence-corrected chi connectivity index (χ1v) is 13.4. The van der Waals surface area contributed by atoms with Gasteiger partial charge in [0.15, 0.2) is 6.29 Å². The molecule has 7 N–H and O–H groups in total. The molecule has 19 heteroatoms. The van der Waals surface area contributed by atoms with E-state index < -0.39 is 89.3 Å². The lowest BCUT2D eigenvalue weighted by molar-refractivity contribution is -0.271. The second-order valence-corrected chi connectivity index (χ2v) is 11.4. The molecule has 11 atom stereocenters. The Morgan fingerprint density at radius 1 is 1.03 bits per heavy atom. The molecule has 0 aliphatic carbocycles. The number of ether oxygens (including phenoxy) is 2. The molecule has 3 rings (SSSR count). The molecule has 3 heterocycles. The van der Waals surface area contributed by atoms with Gasteiger partial charge in [0.1, 0.15) is 30.6 Å². The lowest BCUT2D eigenvalue weighted by Crippen LogP contribution is -2.57. The van der Waals surface area contributed by atoms with Gasteiger partial charge < -0.3 is 39.7 Å². The molecule has 3 unspecified atom stereocenters. The summed E-state index contributed by atoms with van der Waals surface area (Å²) in [5.74, 6) is -1.00. The molecule has 3 saturated heterocycles. The van der Waals surface area contributed by atoms with Crippen LogP contribution in [0.4, 0.5) is 4.79 Å². The number of hydrogen-bond acceptors (Lipinski definition) is 13. The van der Waals surface area contributed by atoms with Crippen LogP contribution in [0.3, 0.4) is 0 Å². The summed E-state index contributed by atoms with van der Waals surface area (Å²) in [4.78, 5) is 44.4. The average molecular weight is 550 g/mol. The van der Waals surface area contributed by atoms with E-state index in [9.17, 15) is 48.9 Å². The van der Waals surface area contributed by atoms with Crippen molar-refractivity contribution in [1.82, 2.24) is 10.2 Å². The molecule has 3 aliphatic heterocycles. The summed E-state index contributed by atoms with van der Waals surface area (Å²) >= 11 is 0. The maximum atomic E-state index is 12.2. The smallest absolute Gasteiger partial charge is 0.390 e. The van der Waals surface area contributed by atoms with Gasteiger partial charge >= 0.3 is 21.7 Å². The Hall–Kier alpha value is -1.04. The van der Waals surface area contributed by atoms with Crippen LogP contribution in [-0.4, -0.2) is 109 Å². The molecule has 3 aliphatic rings. The first kappa shape index (κ1) is 28.5. The summed E-state index contributed by atoms with van der Waals surface area (Å²) in [5, 5.41) is 41.5. The molecule has 17 nitrogen and oxygen atoms in total. The number of carbonyl (C=O) groups is 2. The van der Waals surface area contributed by atoms with Crippen molar-refractivity contribution in [1.29, 1.82) is 0 Å². The largest absolute Gasteiger partial charge is 0.483 e. The van der Waals surface area contributed by atoms with Crippen molar-refractivity contribution in [3.63, 3.8) is 0 Å². The SMILES string of the molecule is CC1CN([C@H]2C[C@H](O)[C@@H](COP(=O)(O)OP(=O)(O)O[C@H]3O[C@@H](C)[C@H](O)[C@@H](O)[C@H]3O)O2)C(=O)NC1=O. The van der Waals surface area contributed by atoms with Gasteiger partial charge in [0.2, 0.25) is 5.91 Å². The summed E-state index contributed by atoms with van der Waals surface area (Å²) in [7, 11) is -10.8. The molecule has 0 aromatic carbocycles. The summed E-state index contributed by atoms with van der Waals surface area (Å²) in [6.45, 7) is 2.06. The molecular formula is C16H28N2O15P2. The molecule has 3 fully saturated rings. The van der Waals surface area contributed by atoms with Crippen LogP contribution in [0.1, 0.15) is 20.3 Å². The third kappa shape index (κ3) is 6.84. The standard InChI is InChI=1S/C16H28N2O15P2/c1-6-4-18(16(24)17-14(6)23)10-3-8(19)9(31-10)5-29-34(25,26)33-35(27,28)32-15-13(22)12(21)11(20)7(2)30-15/h6-13,15,19-22H,3-5H2,1-2H3,(H,25,26)(H,27,28)(H,17,23,24)/t6?,7-,8-,9+,10+,11-,12+,13+,15+/m0/s1. The first-order chi connectivity index (χ1) is 16.1. The van der Waals surface area contributed by atoms with Crippen LogP contribution in [-0.2, 0) is 36.8 Å². The van der Waals surface area contributed by atoms with Gasteiger partial charge in [0, 0.05) is 13.0 Å². The first-order valence-electron chi connectivity index (χ1n) is 10.4. The highest BCUT2D eigenvalue weighted by Crippen LogP contribution is 2.61. The maximum Gasteiger partial charge on any atom is 0.483 e. The van der Waals surface area contributed by atoms with Gasteiger partial charge in [-0.25, -0.2) is 13.9 Å². The van der Waals surface area contributed by atoms with Crippen molar-refractivity contribution < 1.29 is 71.8 Å². The molecule has 3 amide bonds. The minimum atomic E-state index is -5.44. The maximum absolute atomic E-state index is 12.2. The van der Waals surface area contributed by atoms with E-state index in [0.29, 0.717) is 0 Å². The number of carbonyl (C=O) groups excluding carboxylic acids is 2. The quantitative estimate of drug-likeness (QED) is 0.157. The van der Waals surface area contributed by atoms with Gasteiger partial charge in [0.05, 0.1) is 24.7 Å². The molecule has 0 aromatic heterocycles. The number of urea groups is 1.